The van der Waals surface area contributed by atoms with Crippen molar-refractivity contribution in [3.63, 3.8) is 0 Å². The van der Waals surface area contributed by atoms with Crippen molar-refractivity contribution in [3.8, 4) is 5.75 Å². The van der Waals surface area contributed by atoms with Gasteiger partial charge in [-0.15, -0.1) is 0 Å². The smallest absolute Gasteiger partial charge is 0.248 e. The van der Waals surface area contributed by atoms with Crippen LogP contribution in [-0.2, 0) is 5.67 Å². The second-order valence-electron chi connectivity index (χ2n) is 7.67. The Morgan fingerprint density at radius 2 is 1.78 bits per heavy atom. The van der Waals surface area contributed by atoms with Crippen molar-refractivity contribution in [2.75, 3.05) is 18.0 Å². The fraction of sp³-hybridized carbons (Fsp3) is 0.409. The molecule has 5 heteroatoms. The lowest BCUT2D eigenvalue weighted by molar-refractivity contribution is 0.1000. The zero-order valence-electron chi connectivity index (χ0n) is 16.2. The fourth-order valence-corrected chi connectivity index (χ4v) is 3.41. The van der Waals surface area contributed by atoms with Crippen LogP contribution >= 0.6 is 0 Å². The van der Waals surface area contributed by atoms with Crippen LogP contribution in [0.4, 0.5) is 10.1 Å². The van der Waals surface area contributed by atoms with Gasteiger partial charge in [0, 0.05) is 37.2 Å². The molecule has 0 spiro atoms. The van der Waals surface area contributed by atoms with Crippen molar-refractivity contribution < 1.29 is 13.9 Å². The highest BCUT2D eigenvalue weighted by Crippen LogP contribution is 2.29. The Kier molecular flexibility index (Phi) is 5.40. The number of amides is 1. The van der Waals surface area contributed by atoms with Crippen LogP contribution in [0.3, 0.4) is 0 Å². The van der Waals surface area contributed by atoms with E-state index in [1.54, 1.807) is 26.0 Å². The van der Waals surface area contributed by atoms with Gasteiger partial charge >= 0.3 is 0 Å². The van der Waals surface area contributed by atoms with E-state index in [-0.39, 0.29) is 6.10 Å². The minimum Gasteiger partial charge on any atom is -0.490 e. The van der Waals surface area contributed by atoms with Gasteiger partial charge in [-0.05, 0) is 62.2 Å². The molecule has 0 unspecified atom stereocenters. The number of hydrogen-bond acceptors (Lipinski definition) is 3. The summed E-state index contributed by atoms with van der Waals surface area (Å²) in [5.41, 5.74) is 7.21. The summed E-state index contributed by atoms with van der Waals surface area (Å²) >= 11 is 0. The number of alkyl halides is 1. The molecule has 2 aromatic carbocycles. The number of halogens is 1. The number of piperidine rings is 1. The summed E-state index contributed by atoms with van der Waals surface area (Å²) in [6.45, 7) is 6.85. The maximum atomic E-state index is 14.0. The van der Waals surface area contributed by atoms with Gasteiger partial charge < -0.3 is 15.4 Å². The molecule has 1 amide bonds. The average molecular weight is 370 g/mol. The van der Waals surface area contributed by atoms with Crippen molar-refractivity contribution in [2.45, 2.75) is 45.4 Å². The Morgan fingerprint density at radius 3 is 2.30 bits per heavy atom. The lowest BCUT2D eigenvalue weighted by Gasteiger charge is -2.34. The largest absolute Gasteiger partial charge is 0.490 e. The molecule has 1 saturated heterocycles. The number of hydrogen-bond donors (Lipinski definition) is 1. The van der Waals surface area contributed by atoms with E-state index in [9.17, 15) is 9.18 Å². The minimum absolute atomic E-state index is 0.142. The summed E-state index contributed by atoms with van der Waals surface area (Å²) in [5.74, 6) is 0.369. The molecule has 0 saturated carbocycles. The minimum atomic E-state index is -1.32. The van der Waals surface area contributed by atoms with Crippen LogP contribution in [0.5, 0.6) is 5.75 Å². The number of primary amides is 1. The highest BCUT2D eigenvalue weighted by molar-refractivity contribution is 5.93. The van der Waals surface area contributed by atoms with Crippen molar-refractivity contribution >= 4 is 11.6 Å². The summed E-state index contributed by atoms with van der Waals surface area (Å²) in [4.78, 5) is 13.6. The third kappa shape index (κ3) is 4.59. The van der Waals surface area contributed by atoms with Crippen LogP contribution in [0.15, 0.2) is 42.5 Å². The summed E-state index contributed by atoms with van der Waals surface area (Å²) in [6.07, 6.45) is 1.96. The number of anilines is 1. The SMILES string of the molecule is Cc1cc(C(N)=O)ccc1OC1CCN(c2ccc(C(C)(C)F)cc2)CC1. The number of ether oxygens (including phenoxy) is 1. The van der Waals surface area contributed by atoms with E-state index in [0.29, 0.717) is 11.1 Å². The van der Waals surface area contributed by atoms with Crippen LogP contribution in [0.2, 0.25) is 0 Å². The van der Waals surface area contributed by atoms with Crippen molar-refractivity contribution in [1.82, 2.24) is 0 Å². The molecule has 1 fully saturated rings. The highest BCUT2D eigenvalue weighted by atomic mass is 19.1. The molecule has 1 heterocycles. The maximum Gasteiger partial charge on any atom is 0.248 e. The number of aryl methyl sites for hydroxylation is 1. The number of benzene rings is 2. The Bertz CT molecular complexity index is 804. The molecule has 0 aliphatic carbocycles. The van der Waals surface area contributed by atoms with Gasteiger partial charge in [-0.25, -0.2) is 4.39 Å². The first-order chi connectivity index (χ1) is 12.7. The summed E-state index contributed by atoms with van der Waals surface area (Å²) in [6, 6.07) is 13.0. The van der Waals surface area contributed by atoms with Crippen molar-refractivity contribution in [2.24, 2.45) is 5.73 Å². The van der Waals surface area contributed by atoms with E-state index < -0.39 is 11.6 Å². The second-order valence-corrected chi connectivity index (χ2v) is 7.67. The Hall–Kier alpha value is -2.56. The lowest BCUT2D eigenvalue weighted by Crippen LogP contribution is -2.38. The molecule has 1 aliphatic heterocycles. The molecule has 1 aliphatic rings. The van der Waals surface area contributed by atoms with Crippen LogP contribution in [-0.4, -0.2) is 25.1 Å². The number of nitrogens with two attached hydrogens (primary N) is 1. The van der Waals surface area contributed by atoms with Crippen LogP contribution in [0.1, 0.15) is 48.2 Å². The normalized spacial score (nSPS) is 15.6. The Labute approximate surface area is 160 Å². The van der Waals surface area contributed by atoms with Gasteiger partial charge in [-0.1, -0.05) is 12.1 Å². The van der Waals surface area contributed by atoms with E-state index in [2.05, 4.69) is 4.90 Å². The van der Waals surface area contributed by atoms with Crippen molar-refractivity contribution in [1.29, 1.82) is 0 Å². The quantitative estimate of drug-likeness (QED) is 0.851. The zero-order valence-corrected chi connectivity index (χ0v) is 16.2. The third-order valence-corrected chi connectivity index (χ3v) is 5.11. The molecule has 3 rings (SSSR count). The Balaban J connectivity index is 1.58. The summed E-state index contributed by atoms with van der Waals surface area (Å²) in [7, 11) is 0. The van der Waals surface area contributed by atoms with Gasteiger partial charge in [-0.3, -0.25) is 4.79 Å². The predicted molar refractivity (Wildman–Crippen MR) is 106 cm³/mol. The van der Waals surface area contributed by atoms with E-state index in [4.69, 9.17) is 10.5 Å². The number of carbonyl (C=O) groups excluding carboxylic acids is 1. The molecular formula is C22H27FN2O2. The van der Waals surface area contributed by atoms with Gasteiger partial charge in [0.15, 0.2) is 0 Å². The van der Waals surface area contributed by atoms with Gasteiger partial charge in [0.1, 0.15) is 17.5 Å². The number of rotatable bonds is 5. The molecule has 0 aromatic heterocycles. The maximum absolute atomic E-state index is 14.0. The first-order valence-electron chi connectivity index (χ1n) is 9.35. The first-order valence-corrected chi connectivity index (χ1v) is 9.35. The van der Waals surface area contributed by atoms with E-state index >= 15 is 0 Å². The molecule has 27 heavy (non-hydrogen) atoms. The summed E-state index contributed by atoms with van der Waals surface area (Å²) < 4.78 is 20.1. The van der Waals surface area contributed by atoms with Gasteiger partial charge in [0.25, 0.3) is 0 Å². The molecule has 0 bridgehead atoms. The van der Waals surface area contributed by atoms with Gasteiger partial charge in [-0.2, -0.15) is 0 Å². The molecule has 144 valence electrons. The van der Waals surface area contributed by atoms with Gasteiger partial charge in [0.05, 0.1) is 0 Å². The first kappa shape index (κ1) is 19.2. The fourth-order valence-electron chi connectivity index (χ4n) is 3.41. The molecule has 4 nitrogen and oxygen atoms in total. The van der Waals surface area contributed by atoms with Crippen LogP contribution in [0, 0.1) is 6.92 Å². The van der Waals surface area contributed by atoms with Crippen LogP contribution < -0.4 is 15.4 Å². The molecule has 2 aromatic rings. The van der Waals surface area contributed by atoms with Crippen LogP contribution in [0.25, 0.3) is 0 Å². The second kappa shape index (κ2) is 7.59. The monoisotopic (exact) mass is 370 g/mol. The number of carbonyl (C=O) groups is 1. The molecule has 0 radical (unpaired) electrons. The third-order valence-electron chi connectivity index (χ3n) is 5.11. The van der Waals surface area contributed by atoms with E-state index in [1.807, 2.05) is 37.3 Å². The van der Waals surface area contributed by atoms with E-state index in [1.165, 1.54) is 0 Å². The number of nitrogens with zero attached hydrogens (tertiary/aromatic N) is 1. The predicted octanol–water partition coefficient (Wildman–Crippen LogP) is 4.35. The summed E-state index contributed by atoms with van der Waals surface area (Å²) in [5, 5.41) is 0. The molecular weight excluding hydrogens is 343 g/mol. The standard InChI is InChI=1S/C22H27FN2O2/c1-15-14-16(21(24)26)4-9-20(15)27-19-10-12-25(13-11-19)18-7-5-17(6-8-18)22(2,3)23/h4-9,14,19H,10-13H2,1-3H3,(H2,24,26). The zero-order chi connectivity index (χ0) is 19.6. The topological polar surface area (TPSA) is 55.6 Å². The highest BCUT2D eigenvalue weighted by Gasteiger charge is 2.23. The van der Waals surface area contributed by atoms with Crippen molar-refractivity contribution in [3.05, 3.63) is 59.2 Å². The average Bonchev–Trinajstić information content (AvgIpc) is 2.63. The van der Waals surface area contributed by atoms with Gasteiger partial charge in [0.2, 0.25) is 5.91 Å². The lowest BCUT2D eigenvalue weighted by atomic mass is 9.99. The molecule has 0 atom stereocenters. The molecule has 2 N–H and O–H groups in total. The van der Waals surface area contributed by atoms with E-state index in [0.717, 1.165) is 42.9 Å². The Morgan fingerprint density at radius 1 is 1.15 bits per heavy atom.